The van der Waals surface area contributed by atoms with Gasteiger partial charge in [-0.3, -0.25) is 4.79 Å². The molecule has 3 aromatic rings. The molecule has 0 saturated carbocycles. The summed E-state index contributed by atoms with van der Waals surface area (Å²) in [5.74, 6) is 1.34. The lowest BCUT2D eigenvalue weighted by molar-refractivity contribution is -0.110. The zero-order chi connectivity index (χ0) is 20.6. The van der Waals surface area contributed by atoms with Gasteiger partial charge in [-0.05, 0) is 59.9 Å². The Labute approximate surface area is 171 Å². The van der Waals surface area contributed by atoms with Crippen LogP contribution in [0.25, 0.3) is 0 Å². The van der Waals surface area contributed by atoms with E-state index in [1.54, 1.807) is 0 Å². The molecule has 0 unspecified atom stereocenters. The average molecular weight is 384 g/mol. The first-order chi connectivity index (χ1) is 13.8. The van der Waals surface area contributed by atoms with Gasteiger partial charge < -0.3 is 10.1 Å². The van der Waals surface area contributed by atoms with Crippen LogP contribution in [0.5, 0.6) is 11.5 Å². The molecule has 1 amide bonds. The number of para-hydroxylation sites is 1. The van der Waals surface area contributed by atoms with Gasteiger partial charge in [0.05, 0.1) is 11.4 Å². The standard InChI is InChI=1S/C25H24N2O2/c1-16-6-5-7-21-22(16)27-24(28)23(21)26-18-10-14-20(15-11-18)29-19-12-8-17(9-13-19)25(2,3)4/h5-15H,1-4H3,(H,26,27,28). The lowest BCUT2D eigenvalue weighted by Gasteiger charge is -2.19. The van der Waals surface area contributed by atoms with Crippen molar-refractivity contribution in [3.63, 3.8) is 0 Å². The number of rotatable bonds is 3. The Hall–Kier alpha value is -3.40. The first kappa shape index (κ1) is 18.9. The Kier molecular flexibility index (Phi) is 4.71. The molecule has 0 atom stereocenters. The number of carbonyl (C=O) groups is 1. The van der Waals surface area contributed by atoms with Crippen LogP contribution < -0.4 is 10.1 Å². The lowest BCUT2D eigenvalue weighted by atomic mass is 9.87. The van der Waals surface area contributed by atoms with E-state index in [4.69, 9.17) is 4.74 Å². The van der Waals surface area contributed by atoms with Crippen molar-refractivity contribution in [1.29, 1.82) is 0 Å². The molecule has 0 aromatic heterocycles. The van der Waals surface area contributed by atoms with Crippen LogP contribution in [-0.4, -0.2) is 11.6 Å². The first-order valence-corrected chi connectivity index (χ1v) is 9.70. The third-order valence-electron chi connectivity index (χ3n) is 5.02. The van der Waals surface area contributed by atoms with Gasteiger partial charge in [0.1, 0.15) is 17.2 Å². The van der Waals surface area contributed by atoms with Crippen LogP contribution in [0.1, 0.15) is 37.5 Å². The number of amides is 1. The highest BCUT2D eigenvalue weighted by atomic mass is 16.5. The molecule has 4 nitrogen and oxygen atoms in total. The Morgan fingerprint density at radius 2 is 1.48 bits per heavy atom. The van der Waals surface area contributed by atoms with Crippen molar-refractivity contribution in [2.24, 2.45) is 4.99 Å². The Morgan fingerprint density at radius 3 is 2.10 bits per heavy atom. The molecule has 146 valence electrons. The van der Waals surface area contributed by atoms with Gasteiger partial charge in [-0.1, -0.05) is 51.1 Å². The van der Waals surface area contributed by atoms with E-state index in [9.17, 15) is 4.79 Å². The minimum absolute atomic E-state index is 0.114. The molecule has 0 bridgehead atoms. The molecular weight excluding hydrogens is 360 g/mol. The van der Waals surface area contributed by atoms with Gasteiger partial charge >= 0.3 is 0 Å². The smallest absolute Gasteiger partial charge is 0.275 e. The number of anilines is 1. The Balaban J connectivity index is 1.53. The molecule has 0 saturated heterocycles. The number of nitrogens with zero attached hydrogens (tertiary/aromatic N) is 1. The first-order valence-electron chi connectivity index (χ1n) is 9.70. The van der Waals surface area contributed by atoms with Crippen molar-refractivity contribution in [2.75, 3.05) is 5.32 Å². The highest BCUT2D eigenvalue weighted by molar-refractivity contribution is 6.54. The predicted molar refractivity (Wildman–Crippen MR) is 118 cm³/mol. The van der Waals surface area contributed by atoms with Crippen LogP contribution in [0.3, 0.4) is 0 Å². The molecule has 0 fully saturated rings. The lowest BCUT2D eigenvalue weighted by Crippen LogP contribution is -2.13. The van der Waals surface area contributed by atoms with Gasteiger partial charge in [0, 0.05) is 5.56 Å². The molecule has 29 heavy (non-hydrogen) atoms. The van der Waals surface area contributed by atoms with Crippen molar-refractivity contribution >= 4 is 23.0 Å². The fourth-order valence-electron chi connectivity index (χ4n) is 3.31. The minimum Gasteiger partial charge on any atom is -0.457 e. The van der Waals surface area contributed by atoms with E-state index in [2.05, 4.69) is 43.2 Å². The zero-order valence-electron chi connectivity index (χ0n) is 17.1. The quantitative estimate of drug-likeness (QED) is 0.588. The number of hydrogen-bond acceptors (Lipinski definition) is 3. The molecular formula is C25H24N2O2. The van der Waals surface area contributed by atoms with Gasteiger partial charge in [-0.2, -0.15) is 0 Å². The predicted octanol–water partition coefficient (Wildman–Crippen LogP) is 6.16. The summed E-state index contributed by atoms with van der Waals surface area (Å²) in [5, 5.41) is 2.90. The van der Waals surface area contributed by atoms with Gasteiger partial charge in [0.15, 0.2) is 0 Å². The number of nitrogens with one attached hydrogen (secondary N) is 1. The van der Waals surface area contributed by atoms with E-state index in [0.29, 0.717) is 11.4 Å². The fraction of sp³-hybridized carbons (Fsp3) is 0.200. The van der Waals surface area contributed by atoms with E-state index in [1.165, 1.54) is 5.56 Å². The van der Waals surface area contributed by atoms with Crippen molar-refractivity contribution in [3.05, 3.63) is 83.4 Å². The number of aryl methyl sites for hydroxylation is 1. The highest BCUT2D eigenvalue weighted by Gasteiger charge is 2.26. The summed E-state index contributed by atoms with van der Waals surface area (Å²) in [5.41, 5.74) is 5.24. The molecule has 1 N–H and O–H groups in total. The topological polar surface area (TPSA) is 50.7 Å². The highest BCUT2D eigenvalue weighted by Crippen LogP contribution is 2.30. The fourth-order valence-corrected chi connectivity index (χ4v) is 3.31. The Bertz CT molecular complexity index is 1090. The van der Waals surface area contributed by atoms with Crippen LogP contribution in [0.2, 0.25) is 0 Å². The van der Waals surface area contributed by atoms with E-state index >= 15 is 0 Å². The second kappa shape index (κ2) is 7.21. The molecule has 0 radical (unpaired) electrons. The molecule has 1 heterocycles. The third-order valence-corrected chi connectivity index (χ3v) is 5.02. The third kappa shape index (κ3) is 3.92. The van der Waals surface area contributed by atoms with Crippen molar-refractivity contribution in [2.45, 2.75) is 33.1 Å². The molecule has 0 spiro atoms. The summed E-state index contributed by atoms with van der Waals surface area (Å²) in [7, 11) is 0. The maximum Gasteiger partial charge on any atom is 0.275 e. The van der Waals surface area contributed by atoms with Gasteiger partial charge in [0.25, 0.3) is 5.91 Å². The molecule has 0 aliphatic carbocycles. The average Bonchev–Trinajstić information content (AvgIpc) is 3.00. The molecule has 4 heteroatoms. The number of ether oxygens (including phenoxy) is 1. The number of hydrogen-bond donors (Lipinski definition) is 1. The van der Waals surface area contributed by atoms with Crippen LogP contribution in [-0.2, 0) is 10.2 Å². The SMILES string of the molecule is Cc1cccc2c1NC(=O)C2=Nc1ccc(Oc2ccc(C(C)(C)C)cc2)cc1. The number of fused-ring (bicyclic) bond motifs is 1. The maximum absolute atomic E-state index is 12.3. The summed E-state index contributed by atoms with van der Waals surface area (Å²) < 4.78 is 5.94. The normalized spacial score (nSPS) is 14.6. The summed E-state index contributed by atoms with van der Waals surface area (Å²) in [6.45, 7) is 8.54. The van der Waals surface area contributed by atoms with Crippen LogP contribution in [0.4, 0.5) is 11.4 Å². The summed E-state index contributed by atoms with van der Waals surface area (Å²) in [6.07, 6.45) is 0. The molecule has 3 aromatic carbocycles. The van der Waals surface area contributed by atoms with Crippen LogP contribution >= 0.6 is 0 Å². The van der Waals surface area contributed by atoms with E-state index in [-0.39, 0.29) is 11.3 Å². The van der Waals surface area contributed by atoms with Crippen molar-refractivity contribution < 1.29 is 9.53 Å². The van der Waals surface area contributed by atoms with Gasteiger partial charge in [-0.25, -0.2) is 4.99 Å². The maximum atomic E-state index is 12.3. The molecule has 1 aliphatic heterocycles. The number of benzene rings is 3. The monoisotopic (exact) mass is 384 g/mol. The van der Waals surface area contributed by atoms with E-state index in [1.807, 2.05) is 61.5 Å². The van der Waals surface area contributed by atoms with Crippen molar-refractivity contribution in [3.8, 4) is 11.5 Å². The van der Waals surface area contributed by atoms with Crippen LogP contribution in [0.15, 0.2) is 71.7 Å². The molecule has 1 aliphatic rings. The van der Waals surface area contributed by atoms with E-state index in [0.717, 1.165) is 28.3 Å². The Morgan fingerprint density at radius 1 is 0.862 bits per heavy atom. The summed E-state index contributed by atoms with van der Waals surface area (Å²) in [6, 6.07) is 21.4. The largest absolute Gasteiger partial charge is 0.457 e. The van der Waals surface area contributed by atoms with E-state index < -0.39 is 0 Å². The second-order valence-electron chi connectivity index (χ2n) is 8.28. The molecule has 4 rings (SSSR count). The minimum atomic E-state index is -0.173. The summed E-state index contributed by atoms with van der Waals surface area (Å²) >= 11 is 0. The zero-order valence-corrected chi connectivity index (χ0v) is 17.1. The number of aliphatic imine (C=N–C) groups is 1. The second-order valence-corrected chi connectivity index (χ2v) is 8.28. The van der Waals surface area contributed by atoms with Gasteiger partial charge in [-0.15, -0.1) is 0 Å². The van der Waals surface area contributed by atoms with Crippen LogP contribution in [0, 0.1) is 6.92 Å². The van der Waals surface area contributed by atoms with Gasteiger partial charge in [0.2, 0.25) is 0 Å². The number of carbonyl (C=O) groups excluding carboxylic acids is 1. The summed E-state index contributed by atoms with van der Waals surface area (Å²) in [4.78, 5) is 16.9. The van der Waals surface area contributed by atoms with Crippen molar-refractivity contribution in [1.82, 2.24) is 0 Å².